The second-order valence-corrected chi connectivity index (χ2v) is 10.3. The highest BCUT2D eigenvalue weighted by molar-refractivity contribution is 7.91. The predicted molar refractivity (Wildman–Crippen MR) is 96.3 cm³/mol. The van der Waals surface area contributed by atoms with Gasteiger partial charge in [-0.15, -0.1) is 0 Å². The molecule has 8 nitrogen and oxygen atoms in total. The van der Waals surface area contributed by atoms with E-state index < -0.39 is 36.4 Å². The Morgan fingerprint density at radius 1 is 1.00 bits per heavy atom. The zero-order valence-corrected chi connectivity index (χ0v) is 16.4. The Morgan fingerprint density at radius 2 is 1.62 bits per heavy atom. The summed E-state index contributed by atoms with van der Waals surface area (Å²) >= 11 is 0. The Balaban J connectivity index is 2.28. The SMILES string of the molecule is CC(C)(C)NS(=O)(=O)c1ccc(C(=O)Nc2ccccc2S(C)(=O)=O)o1. The molecule has 1 amide bonds. The molecule has 2 N–H and O–H groups in total. The number of carbonyl (C=O) groups excluding carboxylic acids is 1. The molecule has 0 saturated carbocycles. The zero-order valence-electron chi connectivity index (χ0n) is 14.7. The third-order valence-corrected chi connectivity index (χ3v) is 5.83. The summed E-state index contributed by atoms with van der Waals surface area (Å²) in [6.07, 6.45) is 1.02. The first-order valence-corrected chi connectivity index (χ1v) is 10.9. The highest BCUT2D eigenvalue weighted by atomic mass is 32.2. The van der Waals surface area contributed by atoms with Crippen LogP contribution >= 0.6 is 0 Å². The lowest BCUT2D eigenvalue weighted by atomic mass is 10.1. The number of furan rings is 1. The van der Waals surface area contributed by atoms with Gasteiger partial charge >= 0.3 is 0 Å². The monoisotopic (exact) mass is 400 g/mol. The number of para-hydroxylation sites is 1. The van der Waals surface area contributed by atoms with Gasteiger partial charge in [-0.05, 0) is 45.0 Å². The van der Waals surface area contributed by atoms with Gasteiger partial charge in [0, 0.05) is 11.8 Å². The Morgan fingerprint density at radius 3 is 2.19 bits per heavy atom. The Bertz CT molecular complexity index is 1030. The number of hydrogen-bond donors (Lipinski definition) is 2. The minimum atomic E-state index is -3.93. The van der Waals surface area contributed by atoms with Gasteiger partial charge in [-0.2, -0.15) is 0 Å². The first-order valence-electron chi connectivity index (χ1n) is 7.54. The number of anilines is 1. The van der Waals surface area contributed by atoms with Crippen molar-refractivity contribution in [1.29, 1.82) is 0 Å². The van der Waals surface area contributed by atoms with Crippen molar-refractivity contribution in [2.45, 2.75) is 36.3 Å². The third-order valence-electron chi connectivity index (χ3n) is 3.05. The quantitative estimate of drug-likeness (QED) is 0.791. The van der Waals surface area contributed by atoms with Crippen molar-refractivity contribution in [3.63, 3.8) is 0 Å². The van der Waals surface area contributed by atoms with Crippen molar-refractivity contribution >= 4 is 31.5 Å². The van der Waals surface area contributed by atoms with E-state index in [9.17, 15) is 21.6 Å². The molecule has 0 spiro atoms. The predicted octanol–water partition coefficient (Wildman–Crippen LogP) is 2.01. The van der Waals surface area contributed by atoms with Gasteiger partial charge in [0.1, 0.15) is 0 Å². The number of nitrogens with one attached hydrogen (secondary N) is 2. The summed E-state index contributed by atoms with van der Waals surface area (Å²) in [5.41, 5.74) is -0.642. The van der Waals surface area contributed by atoms with E-state index in [0.717, 1.165) is 12.3 Å². The van der Waals surface area contributed by atoms with Gasteiger partial charge < -0.3 is 9.73 Å². The van der Waals surface area contributed by atoms with Crippen molar-refractivity contribution in [2.24, 2.45) is 0 Å². The first-order chi connectivity index (χ1) is 11.8. The number of benzene rings is 1. The van der Waals surface area contributed by atoms with Gasteiger partial charge in [0.15, 0.2) is 15.6 Å². The van der Waals surface area contributed by atoms with Crippen molar-refractivity contribution in [1.82, 2.24) is 4.72 Å². The van der Waals surface area contributed by atoms with E-state index in [1.165, 1.54) is 24.3 Å². The maximum absolute atomic E-state index is 12.3. The van der Waals surface area contributed by atoms with Gasteiger partial charge in [0.05, 0.1) is 10.6 Å². The molecule has 142 valence electrons. The fourth-order valence-electron chi connectivity index (χ4n) is 2.12. The molecule has 0 aliphatic rings. The Kier molecular flexibility index (Phi) is 5.31. The second kappa shape index (κ2) is 6.86. The van der Waals surface area contributed by atoms with E-state index in [1.807, 2.05) is 0 Å². The van der Waals surface area contributed by atoms with Crippen LogP contribution in [0.4, 0.5) is 5.69 Å². The van der Waals surface area contributed by atoms with Crippen LogP contribution in [0.3, 0.4) is 0 Å². The van der Waals surface area contributed by atoms with Crippen LogP contribution in [-0.4, -0.2) is 34.5 Å². The number of carbonyl (C=O) groups is 1. The van der Waals surface area contributed by atoms with E-state index in [2.05, 4.69) is 10.0 Å². The van der Waals surface area contributed by atoms with E-state index >= 15 is 0 Å². The Hall–Kier alpha value is -2.17. The second-order valence-electron chi connectivity index (χ2n) is 6.70. The molecule has 0 fully saturated rings. The molecule has 1 aromatic heterocycles. The standard InChI is InChI=1S/C16H20N2O6S2/c1-16(2,3)18-26(22,23)14-10-9-12(24-14)15(19)17-11-7-5-6-8-13(11)25(4,20)21/h5-10,18H,1-4H3,(H,17,19). The molecule has 0 aliphatic heterocycles. The third kappa shape index (κ3) is 4.93. The van der Waals surface area contributed by atoms with Crippen molar-refractivity contribution in [3.8, 4) is 0 Å². The maximum atomic E-state index is 12.3. The number of hydrogen-bond acceptors (Lipinski definition) is 6. The molecule has 0 bridgehead atoms. The van der Waals surface area contributed by atoms with E-state index in [-0.39, 0.29) is 16.3 Å². The molecule has 0 atom stereocenters. The zero-order chi connectivity index (χ0) is 19.8. The molecule has 1 heterocycles. The molecule has 0 aliphatic carbocycles. The molecular weight excluding hydrogens is 380 g/mol. The summed E-state index contributed by atoms with van der Waals surface area (Å²) in [6.45, 7) is 5.01. The van der Waals surface area contributed by atoms with Crippen LogP contribution in [0.15, 0.2) is 50.8 Å². The first kappa shape index (κ1) is 20.1. The molecule has 2 rings (SSSR count). The summed E-state index contributed by atoms with van der Waals surface area (Å²) < 4.78 is 55.5. The average Bonchev–Trinajstić information content (AvgIpc) is 2.95. The molecule has 0 radical (unpaired) electrons. The number of rotatable bonds is 5. The number of sulfone groups is 1. The van der Waals surface area contributed by atoms with Crippen molar-refractivity contribution in [3.05, 3.63) is 42.2 Å². The topological polar surface area (TPSA) is 123 Å². The molecular formula is C16H20N2O6S2. The van der Waals surface area contributed by atoms with Gasteiger partial charge in [0.2, 0.25) is 5.09 Å². The van der Waals surface area contributed by atoms with Gasteiger partial charge in [-0.3, -0.25) is 4.79 Å². The van der Waals surface area contributed by atoms with Crippen LogP contribution in [0.25, 0.3) is 0 Å². The largest absolute Gasteiger partial charge is 0.438 e. The van der Waals surface area contributed by atoms with Crippen LogP contribution in [0.1, 0.15) is 31.3 Å². The molecule has 10 heteroatoms. The summed E-state index contributed by atoms with van der Waals surface area (Å²) in [6, 6.07) is 8.24. The van der Waals surface area contributed by atoms with E-state index in [0.29, 0.717) is 0 Å². The summed E-state index contributed by atoms with van der Waals surface area (Å²) in [4.78, 5) is 12.3. The van der Waals surface area contributed by atoms with E-state index in [4.69, 9.17) is 4.42 Å². The highest BCUT2D eigenvalue weighted by Gasteiger charge is 2.26. The minimum absolute atomic E-state index is 0.0536. The van der Waals surface area contributed by atoms with Crippen molar-refractivity contribution < 1.29 is 26.0 Å². The molecule has 0 unspecified atom stereocenters. The molecule has 1 aromatic carbocycles. The van der Waals surface area contributed by atoms with Crippen LogP contribution < -0.4 is 10.0 Å². The minimum Gasteiger partial charge on any atom is -0.438 e. The lowest BCUT2D eigenvalue weighted by molar-refractivity contribution is 0.0991. The van der Waals surface area contributed by atoms with Gasteiger partial charge in [-0.1, -0.05) is 12.1 Å². The fraction of sp³-hybridized carbons (Fsp3) is 0.312. The fourth-order valence-corrected chi connectivity index (χ4v) is 4.31. The summed E-state index contributed by atoms with van der Waals surface area (Å²) in [7, 11) is -7.48. The number of sulfonamides is 1. The molecule has 2 aromatic rings. The van der Waals surface area contributed by atoms with Gasteiger partial charge in [-0.25, -0.2) is 21.6 Å². The summed E-state index contributed by atoms with van der Waals surface area (Å²) in [5, 5.41) is 2.01. The lowest BCUT2D eigenvalue weighted by Gasteiger charge is -2.18. The van der Waals surface area contributed by atoms with Crippen LogP contribution in [0.5, 0.6) is 0 Å². The maximum Gasteiger partial charge on any atom is 0.291 e. The van der Waals surface area contributed by atoms with Crippen LogP contribution in [-0.2, 0) is 19.9 Å². The average molecular weight is 400 g/mol. The Labute approximate surface area is 152 Å². The van der Waals surface area contributed by atoms with Crippen molar-refractivity contribution in [2.75, 3.05) is 11.6 Å². The smallest absolute Gasteiger partial charge is 0.291 e. The molecule has 26 heavy (non-hydrogen) atoms. The highest BCUT2D eigenvalue weighted by Crippen LogP contribution is 2.22. The van der Waals surface area contributed by atoms with E-state index in [1.54, 1.807) is 26.8 Å². The number of amides is 1. The molecule has 0 saturated heterocycles. The normalized spacial score (nSPS) is 12.8. The summed E-state index contributed by atoms with van der Waals surface area (Å²) in [5.74, 6) is -1.03. The lowest BCUT2D eigenvalue weighted by Crippen LogP contribution is -2.40. The van der Waals surface area contributed by atoms with Gasteiger partial charge in [0.25, 0.3) is 15.9 Å². The van der Waals surface area contributed by atoms with Crippen LogP contribution in [0.2, 0.25) is 0 Å². The van der Waals surface area contributed by atoms with Crippen LogP contribution in [0, 0.1) is 0 Å².